The second-order valence-corrected chi connectivity index (χ2v) is 6.50. The summed E-state index contributed by atoms with van der Waals surface area (Å²) in [6.45, 7) is 0. The third-order valence-electron chi connectivity index (χ3n) is 2.80. The van der Waals surface area contributed by atoms with Crippen molar-refractivity contribution in [1.29, 1.82) is 0 Å². The molecule has 0 saturated carbocycles. The van der Waals surface area contributed by atoms with E-state index < -0.39 is 32.8 Å². The molecule has 118 valence electrons. The first-order valence-electron chi connectivity index (χ1n) is 5.89. The largest absolute Gasteiger partial charge is 0.402 e. The lowest BCUT2D eigenvalue weighted by atomic mass is 9.99. The summed E-state index contributed by atoms with van der Waals surface area (Å²) in [4.78, 5) is 10.8. The minimum Gasteiger partial charge on any atom is -0.292 e. The highest BCUT2D eigenvalue weighted by atomic mass is 35.5. The molecule has 1 aromatic rings. The van der Waals surface area contributed by atoms with Gasteiger partial charge in [-0.2, -0.15) is 13.2 Å². The summed E-state index contributed by atoms with van der Waals surface area (Å²) in [5.74, 6) is -3.99. The summed E-state index contributed by atoms with van der Waals surface area (Å²) in [7, 11) is -4.44. The minimum atomic E-state index is -4.85. The fourth-order valence-electron chi connectivity index (χ4n) is 1.82. The summed E-state index contributed by atoms with van der Waals surface area (Å²) in [6.07, 6.45) is -2.51. The van der Waals surface area contributed by atoms with Crippen molar-refractivity contribution < 1.29 is 26.4 Å². The molecule has 2 rings (SSSR count). The van der Waals surface area contributed by atoms with Crippen molar-refractivity contribution in [1.82, 2.24) is 0 Å². The quantitative estimate of drug-likeness (QED) is 0.909. The van der Waals surface area contributed by atoms with Crippen LogP contribution in [0, 0.1) is 5.92 Å². The number of sulfonamides is 1. The lowest BCUT2D eigenvalue weighted by Crippen LogP contribution is -2.35. The molecule has 0 aromatic heterocycles. The van der Waals surface area contributed by atoms with Crippen LogP contribution in [0.3, 0.4) is 0 Å². The molecule has 1 atom stereocenters. The first-order valence-corrected chi connectivity index (χ1v) is 7.75. The number of alkyl halides is 3. The average molecular weight is 352 g/mol. The zero-order valence-corrected chi connectivity index (χ0v) is 12.3. The van der Waals surface area contributed by atoms with E-state index in [1.807, 2.05) is 4.72 Å². The van der Waals surface area contributed by atoms with Crippen LogP contribution in [-0.4, -0.2) is 20.4 Å². The van der Waals surface area contributed by atoms with Crippen LogP contribution < -0.4 is 4.72 Å². The van der Waals surface area contributed by atoms with Gasteiger partial charge < -0.3 is 0 Å². The van der Waals surface area contributed by atoms with E-state index in [4.69, 9.17) is 11.6 Å². The van der Waals surface area contributed by atoms with Crippen LogP contribution in [0.1, 0.15) is 0 Å². The number of carbonyl (C=O) groups is 1. The van der Waals surface area contributed by atoms with E-state index in [1.165, 1.54) is 24.3 Å². The molecule has 0 fully saturated rings. The molecule has 4 nitrogen and oxygen atoms in total. The fourth-order valence-corrected chi connectivity index (χ4v) is 3.21. The number of hydrogen-bond donors (Lipinski definition) is 1. The SMILES string of the molecule is O=C1C(S(=O)(=O)Nc2cccc(Cl)c2)=CC=CC1C(F)(F)F. The molecule has 0 radical (unpaired) electrons. The Morgan fingerprint density at radius 3 is 2.50 bits per heavy atom. The molecule has 0 heterocycles. The average Bonchev–Trinajstić information content (AvgIpc) is 2.36. The van der Waals surface area contributed by atoms with Gasteiger partial charge in [0, 0.05) is 5.02 Å². The summed E-state index contributed by atoms with van der Waals surface area (Å²) in [5, 5.41) is 0.234. The highest BCUT2D eigenvalue weighted by molar-refractivity contribution is 7.97. The molecule has 0 aliphatic heterocycles. The van der Waals surface area contributed by atoms with Gasteiger partial charge in [-0.1, -0.05) is 29.8 Å². The van der Waals surface area contributed by atoms with E-state index in [0.717, 1.165) is 12.2 Å². The second kappa shape index (κ2) is 5.77. The molecule has 0 saturated heterocycles. The Morgan fingerprint density at radius 1 is 1.23 bits per heavy atom. The lowest BCUT2D eigenvalue weighted by molar-refractivity contribution is -0.168. The Balaban J connectivity index is 2.32. The normalized spacial score (nSPS) is 19.0. The summed E-state index contributed by atoms with van der Waals surface area (Å²) < 4.78 is 64.3. The first-order chi connectivity index (χ1) is 10.1. The number of benzene rings is 1. The molecule has 0 spiro atoms. The van der Waals surface area contributed by atoms with Gasteiger partial charge in [-0.25, -0.2) is 8.42 Å². The van der Waals surface area contributed by atoms with E-state index in [-0.39, 0.29) is 10.7 Å². The number of allylic oxidation sites excluding steroid dienone is 4. The van der Waals surface area contributed by atoms with E-state index in [0.29, 0.717) is 6.08 Å². The van der Waals surface area contributed by atoms with E-state index >= 15 is 0 Å². The van der Waals surface area contributed by atoms with Crippen LogP contribution in [0.2, 0.25) is 5.02 Å². The zero-order chi connectivity index (χ0) is 16.5. The van der Waals surface area contributed by atoms with Crippen LogP contribution in [0.15, 0.2) is 47.4 Å². The van der Waals surface area contributed by atoms with Crippen LogP contribution in [0.25, 0.3) is 0 Å². The predicted molar refractivity (Wildman–Crippen MR) is 75.8 cm³/mol. The van der Waals surface area contributed by atoms with Crippen molar-refractivity contribution in [2.75, 3.05) is 4.72 Å². The highest BCUT2D eigenvalue weighted by Gasteiger charge is 2.47. The zero-order valence-electron chi connectivity index (χ0n) is 10.8. The number of halogens is 4. The number of Topliss-reactive ketones (excluding diaryl/α,β-unsaturated/α-hetero) is 1. The molecule has 0 amide bonds. The molecule has 1 unspecified atom stereocenters. The Hall–Kier alpha value is -1.80. The molecule has 22 heavy (non-hydrogen) atoms. The topological polar surface area (TPSA) is 63.2 Å². The highest BCUT2D eigenvalue weighted by Crippen LogP contribution is 2.33. The summed E-state index contributed by atoms with van der Waals surface area (Å²) in [6, 6.07) is 5.57. The molecule has 1 aromatic carbocycles. The maximum absolute atomic E-state index is 12.7. The van der Waals surface area contributed by atoms with Gasteiger partial charge in [0.2, 0.25) is 0 Å². The van der Waals surface area contributed by atoms with Crippen LogP contribution in [0.4, 0.5) is 18.9 Å². The number of ketones is 1. The monoisotopic (exact) mass is 351 g/mol. The number of hydrogen-bond acceptors (Lipinski definition) is 3. The third kappa shape index (κ3) is 3.50. The summed E-state index contributed by atoms with van der Waals surface area (Å²) >= 11 is 5.69. The van der Waals surface area contributed by atoms with Crippen molar-refractivity contribution in [2.45, 2.75) is 6.18 Å². The predicted octanol–water partition coefficient (Wildman–Crippen LogP) is 3.28. The number of nitrogens with one attached hydrogen (secondary N) is 1. The molecular formula is C13H9ClF3NO3S. The Morgan fingerprint density at radius 2 is 1.91 bits per heavy atom. The van der Waals surface area contributed by atoms with E-state index in [2.05, 4.69) is 0 Å². The van der Waals surface area contributed by atoms with Gasteiger partial charge in [0.15, 0.2) is 5.78 Å². The van der Waals surface area contributed by atoms with E-state index in [9.17, 15) is 26.4 Å². The lowest BCUT2D eigenvalue weighted by Gasteiger charge is -2.20. The van der Waals surface area contributed by atoms with Crippen LogP contribution in [0.5, 0.6) is 0 Å². The van der Waals surface area contributed by atoms with Gasteiger partial charge in [0.1, 0.15) is 10.8 Å². The van der Waals surface area contributed by atoms with Crippen LogP contribution >= 0.6 is 11.6 Å². The smallest absolute Gasteiger partial charge is 0.292 e. The molecule has 9 heteroatoms. The van der Waals surface area contributed by atoms with Gasteiger partial charge in [0.25, 0.3) is 10.0 Å². The number of anilines is 1. The van der Waals surface area contributed by atoms with Gasteiger partial charge in [-0.3, -0.25) is 9.52 Å². The van der Waals surface area contributed by atoms with E-state index in [1.54, 1.807) is 0 Å². The summed E-state index contributed by atoms with van der Waals surface area (Å²) in [5.41, 5.74) is 0.0410. The van der Waals surface area contributed by atoms with Crippen molar-refractivity contribution in [3.05, 3.63) is 52.4 Å². The van der Waals surface area contributed by atoms with Gasteiger partial charge in [-0.15, -0.1) is 0 Å². The van der Waals surface area contributed by atoms with Crippen molar-refractivity contribution in [2.24, 2.45) is 5.92 Å². The number of rotatable bonds is 3. The first kappa shape index (κ1) is 16.6. The third-order valence-corrected chi connectivity index (χ3v) is 4.45. The van der Waals surface area contributed by atoms with Crippen molar-refractivity contribution >= 4 is 33.1 Å². The van der Waals surface area contributed by atoms with Gasteiger partial charge in [0.05, 0.1) is 5.69 Å². The van der Waals surface area contributed by atoms with Crippen molar-refractivity contribution in [3.63, 3.8) is 0 Å². The number of carbonyl (C=O) groups excluding carboxylic acids is 1. The Bertz CT molecular complexity index is 769. The van der Waals surface area contributed by atoms with Crippen molar-refractivity contribution in [3.8, 4) is 0 Å². The minimum absolute atomic E-state index is 0.0410. The standard InChI is InChI=1S/C13H9ClF3NO3S/c14-8-3-1-4-9(7-8)18-22(20,21)11-6-2-5-10(12(11)19)13(15,16)17/h1-7,10,18H. The Kier molecular flexibility index (Phi) is 4.35. The molecule has 0 bridgehead atoms. The molecule has 1 N–H and O–H groups in total. The Labute approximate surface area is 129 Å². The molecule has 1 aliphatic rings. The van der Waals surface area contributed by atoms with Gasteiger partial charge >= 0.3 is 6.18 Å². The maximum Gasteiger partial charge on any atom is 0.402 e. The fraction of sp³-hybridized carbons (Fsp3) is 0.154. The molecule has 1 aliphatic carbocycles. The van der Waals surface area contributed by atoms with Crippen LogP contribution in [-0.2, 0) is 14.8 Å². The second-order valence-electron chi connectivity index (χ2n) is 4.42. The van der Waals surface area contributed by atoms with Gasteiger partial charge in [-0.05, 0) is 24.3 Å². The molecular weight excluding hydrogens is 343 g/mol. The maximum atomic E-state index is 12.7.